The molecule has 0 spiro atoms. The molecule has 1 aromatic carbocycles. The summed E-state index contributed by atoms with van der Waals surface area (Å²) < 4.78 is 0. The van der Waals surface area contributed by atoms with Crippen LogP contribution < -0.4 is 16.3 Å². The highest BCUT2D eigenvalue weighted by Gasteiger charge is 2.16. The van der Waals surface area contributed by atoms with Crippen LogP contribution >= 0.6 is 11.6 Å². The Morgan fingerprint density at radius 2 is 2.11 bits per heavy atom. The van der Waals surface area contributed by atoms with Crippen molar-refractivity contribution >= 4 is 17.3 Å². The molecule has 0 atom stereocenters. The maximum absolute atomic E-state index is 5.92. The minimum Gasteiger partial charge on any atom is -0.321 e. The van der Waals surface area contributed by atoms with E-state index in [0.717, 1.165) is 23.6 Å². The number of benzene rings is 1. The molecule has 0 aromatic heterocycles. The Bertz CT molecular complexity index is 358. The van der Waals surface area contributed by atoms with E-state index in [4.69, 9.17) is 16.4 Å². The van der Waals surface area contributed by atoms with Gasteiger partial charge in [-0.2, -0.15) is 0 Å². The molecule has 0 heterocycles. The largest absolute Gasteiger partial charge is 0.321 e. The Labute approximate surface area is 114 Å². The molecule has 1 rings (SSSR count). The van der Waals surface area contributed by atoms with Gasteiger partial charge in [0.05, 0.1) is 12.3 Å². The van der Waals surface area contributed by atoms with E-state index >= 15 is 0 Å². The predicted molar refractivity (Wildman–Crippen MR) is 76.5 cm³/mol. The molecular formula is C13H22ClN3O. The highest BCUT2D eigenvalue weighted by molar-refractivity contribution is 6.30. The number of hydrazine groups is 1. The molecule has 0 unspecified atom stereocenters. The second-order valence-corrected chi connectivity index (χ2v) is 5.24. The number of rotatable bonds is 8. The lowest BCUT2D eigenvalue weighted by Crippen LogP contribution is -2.43. The average Bonchev–Trinajstić information content (AvgIpc) is 2.33. The molecule has 5 heteroatoms. The van der Waals surface area contributed by atoms with Gasteiger partial charge in [-0.15, -0.1) is 0 Å². The molecule has 0 aliphatic rings. The fourth-order valence-corrected chi connectivity index (χ4v) is 1.75. The first-order valence-corrected chi connectivity index (χ1v) is 6.48. The lowest BCUT2D eigenvalue weighted by molar-refractivity contribution is 0.0522. The van der Waals surface area contributed by atoms with Crippen LogP contribution in [0.15, 0.2) is 24.3 Å². The van der Waals surface area contributed by atoms with Gasteiger partial charge < -0.3 is 10.3 Å². The normalized spacial score (nSPS) is 11.6. The van der Waals surface area contributed by atoms with Crippen molar-refractivity contribution < 1.29 is 4.84 Å². The Balaban J connectivity index is 2.32. The molecule has 102 valence electrons. The van der Waals surface area contributed by atoms with Crippen LogP contribution in [-0.4, -0.2) is 19.2 Å². The number of anilines is 1. The van der Waals surface area contributed by atoms with Crippen molar-refractivity contribution in [2.24, 2.45) is 0 Å². The van der Waals surface area contributed by atoms with Crippen molar-refractivity contribution in [2.75, 3.05) is 19.1 Å². The third-order valence-electron chi connectivity index (χ3n) is 2.56. The molecule has 1 aromatic rings. The van der Waals surface area contributed by atoms with Crippen LogP contribution in [-0.2, 0) is 4.84 Å². The maximum Gasteiger partial charge on any atom is 0.0682 e. The lowest BCUT2D eigenvalue weighted by atomic mass is 10.00. The molecule has 0 saturated carbocycles. The van der Waals surface area contributed by atoms with Gasteiger partial charge in [-0.25, -0.2) is 10.9 Å². The molecular weight excluding hydrogens is 250 g/mol. The Hall–Kier alpha value is -0.810. The summed E-state index contributed by atoms with van der Waals surface area (Å²) in [6.45, 7) is 4.99. The van der Waals surface area contributed by atoms with E-state index in [1.54, 1.807) is 7.05 Å². The van der Waals surface area contributed by atoms with Crippen LogP contribution in [0.5, 0.6) is 0 Å². The smallest absolute Gasteiger partial charge is 0.0682 e. The fourth-order valence-electron chi connectivity index (χ4n) is 1.56. The molecule has 0 aliphatic carbocycles. The quantitative estimate of drug-likeness (QED) is 0.502. The van der Waals surface area contributed by atoms with E-state index in [0.29, 0.717) is 6.61 Å². The standard InChI is InChI=1S/C13H22ClN3O/c1-13(2,8-5-9-18-15-3)17-16-12-7-4-6-11(14)10-12/h4,6-7,10,15-17H,5,8-9H2,1-3H3. The van der Waals surface area contributed by atoms with Gasteiger partial charge in [0.15, 0.2) is 0 Å². The molecule has 4 nitrogen and oxygen atoms in total. The summed E-state index contributed by atoms with van der Waals surface area (Å²) in [4.78, 5) is 5.09. The summed E-state index contributed by atoms with van der Waals surface area (Å²) in [5, 5.41) is 0.724. The van der Waals surface area contributed by atoms with Crippen molar-refractivity contribution in [3.8, 4) is 0 Å². The third-order valence-corrected chi connectivity index (χ3v) is 2.80. The zero-order valence-corrected chi connectivity index (χ0v) is 12.0. The van der Waals surface area contributed by atoms with Crippen molar-refractivity contribution in [1.82, 2.24) is 10.9 Å². The third kappa shape index (κ3) is 6.21. The molecule has 0 amide bonds. The fraction of sp³-hybridized carbons (Fsp3) is 0.538. The van der Waals surface area contributed by atoms with Gasteiger partial charge in [0.2, 0.25) is 0 Å². The van der Waals surface area contributed by atoms with Crippen molar-refractivity contribution in [3.63, 3.8) is 0 Å². The summed E-state index contributed by atoms with van der Waals surface area (Å²) in [7, 11) is 1.77. The van der Waals surface area contributed by atoms with Crippen LogP contribution in [0.3, 0.4) is 0 Å². The Morgan fingerprint density at radius 3 is 2.78 bits per heavy atom. The summed E-state index contributed by atoms with van der Waals surface area (Å²) in [5.74, 6) is 0. The Kier molecular flexibility index (Phi) is 6.43. The highest BCUT2D eigenvalue weighted by atomic mass is 35.5. The number of hydrogen-bond acceptors (Lipinski definition) is 4. The van der Waals surface area contributed by atoms with Crippen molar-refractivity contribution in [3.05, 3.63) is 29.3 Å². The zero-order valence-electron chi connectivity index (χ0n) is 11.2. The maximum atomic E-state index is 5.92. The minimum absolute atomic E-state index is 0.0145. The number of halogens is 1. The zero-order chi connectivity index (χ0) is 13.4. The summed E-state index contributed by atoms with van der Waals surface area (Å²) >= 11 is 5.92. The van der Waals surface area contributed by atoms with Gasteiger partial charge >= 0.3 is 0 Å². The van der Waals surface area contributed by atoms with Crippen LogP contribution in [0.25, 0.3) is 0 Å². The molecule has 0 aliphatic heterocycles. The van der Waals surface area contributed by atoms with E-state index in [1.165, 1.54) is 0 Å². The molecule has 0 saturated heterocycles. The summed E-state index contributed by atoms with van der Waals surface area (Å²) in [6, 6.07) is 7.63. The van der Waals surface area contributed by atoms with Crippen LogP contribution in [0.2, 0.25) is 5.02 Å². The highest BCUT2D eigenvalue weighted by Crippen LogP contribution is 2.16. The molecule has 3 N–H and O–H groups in total. The number of nitrogens with one attached hydrogen (secondary N) is 3. The first-order chi connectivity index (χ1) is 8.53. The van der Waals surface area contributed by atoms with E-state index in [2.05, 4.69) is 30.2 Å². The SMILES string of the molecule is CNOCCCC(C)(C)NNc1cccc(Cl)c1. The number of hydrogen-bond donors (Lipinski definition) is 3. The van der Waals surface area contributed by atoms with Gasteiger partial charge in [0, 0.05) is 17.6 Å². The van der Waals surface area contributed by atoms with Crippen LogP contribution in [0.4, 0.5) is 5.69 Å². The van der Waals surface area contributed by atoms with Gasteiger partial charge in [0.25, 0.3) is 0 Å². The van der Waals surface area contributed by atoms with Gasteiger partial charge in [-0.1, -0.05) is 17.7 Å². The Morgan fingerprint density at radius 1 is 1.33 bits per heavy atom. The first kappa shape index (κ1) is 15.2. The van der Waals surface area contributed by atoms with Gasteiger partial charge in [-0.3, -0.25) is 0 Å². The predicted octanol–water partition coefficient (Wildman–Crippen LogP) is 2.97. The van der Waals surface area contributed by atoms with Crippen LogP contribution in [0, 0.1) is 0 Å². The molecule has 0 bridgehead atoms. The lowest BCUT2D eigenvalue weighted by Gasteiger charge is -2.27. The first-order valence-electron chi connectivity index (χ1n) is 6.11. The molecule has 0 fully saturated rings. The molecule has 18 heavy (non-hydrogen) atoms. The second kappa shape index (κ2) is 7.59. The summed E-state index contributed by atoms with van der Waals surface area (Å²) in [6.07, 6.45) is 1.99. The van der Waals surface area contributed by atoms with Gasteiger partial charge in [0.1, 0.15) is 0 Å². The minimum atomic E-state index is -0.0145. The van der Waals surface area contributed by atoms with E-state index in [1.807, 2.05) is 24.3 Å². The topological polar surface area (TPSA) is 45.3 Å². The average molecular weight is 272 g/mol. The van der Waals surface area contributed by atoms with E-state index in [-0.39, 0.29) is 5.54 Å². The van der Waals surface area contributed by atoms with Crippen LogP contribution in [0.1, 0.15) is 26.7 Å². The van der Waals surface area contributed by atoms with E-state index in [9.17, 15) is 0 Å². The van der Waals surface area contributed by atoms with E-state index < -0.39 is 0 Å². The monoisotopic (exact) mass is 271 g/mol. The van der Waals surface area contributed by atoms with Gasteiger partial charge in [-0.05, 0) is 44.9 Å². The number of hydroxylamine groups is 1. The molecule has 0 radical (unpaired) electrons. The van der Waals surface area contributed by atoms with Crippen molar-refractivity contribution in [1.29, 1.82) is 0 Å². The second-order valence-electron chi connectivity index (χ2n) is 4.80. The van der Waals surface area contributed by atoms with Crippen molar-refractivity contribution in [2.45, 2.75) is 32.2 Å². The summed E-state index contributed by atoms with van der Waals surface area (Å²) in [5.41, 5.74) is 10.1.